The van der Waals surface area contributed by atoms with Gasteiger partial charge in [-0.05, 0) is 19.1 Å². The van der Waals surface area contributed by atoms with Crippen molar-refractivity contribution in [3.8, 4) is 11.3 Å². The molecule has 1 aliphatic rings. The van der Waals surface area contributed by atoms with E-state index in [1.165, 1.54) is 15.0 Å². The summed E-state index contributed by atoms with van der Waals surface area (Å²) in [5.74, 6) is 0.0393. The van der Waals surface area contributed by atoms with Crippen LogP contribution in [-0.2, 0) is 17.4 Å². The third-order valence-corrected chi connectivity index (χ3v) is 5.77. The molecule has 1 atom stereocenters. The Bertz CT molecular complexity index is 984. The van der Waals surface area contributed by atoms with Crippen molar-refractivity contribution >= 4 is 33.3 Å². The molecule has 2 aromatic heterocycles. The number of hydrogen-bond donors (Lipinski definition) is 2. The number of fused-ring (bicyclic) bond motifs is 1. The summed E-state index contributed by atoms with van der Waals surface area (Å²) in [5.41, 5.74) is 2.23. The number of nitrogens with zero attached hydrogens (tertiary/aromatic N) is 3. The van der Waals surface area contributed by atoms with Crippen LogP contribution in [0.5, 0.6) is 0 Å². The highest BCUT2D eigenvalue weighted by atomic mass is 32.1. The number of carbonyl (C=O) groups excluding carboxylic acids is 1. The number of aromatic nitrogens is 2. The highest BCUT2D eigenvalue weighted by Gasteiger charge is 2.40. The maximum atomic E-state index is 12.2. The van der Waals surface area contributed by atoms with Gasteiger partial charge < -0.3 is 5.32 Å². The zero-order valence-corrected chi connectivity index (χ0v) is 15.1. The van der Waals surface area contributed by atoms with Crippen molar-refractivity contribution < 1.29 is 4.79 Å². The van der Waals surface area contributed by atoms with Crippen molar-refractivity contribution in [3.05, 3.63) is 41.4 Å². The number of amides is 1. The SMILES string of the molecule is CN1C(=N)N[C@](C)(c2cc(-c3csc4ccccc34)nn2C)CC1=O. The van der Waals surface area contributed by atoms with Crippen LogP contribution in [0.1, 0.15) is 19.0 Å². The van der Waals surface area contributed by atoms with Crippen LogP contribution in [0, 0.1) is 5.41 Å². The molecule has 0 aliphatic carbocycles. The van der Waals surface area contributed by atoms with Crippen molar-refractivity contribution in [2.45, 2.75) is 18.9 Å². The summed E-state index contributed by atoms with van der Waals surface area (Å²) in [6, 6.07) is 10.3. The Hall–Kier alpha value is -2.67. The Labute approximate surface area is 149 Å². The second-order valence-electron chi connectivity index (χ2n) is 6.62. The van der Waals surface area contributed by atoms with Crippen LogP contribution in [0.25, 0.3) is 21.3 Å². The zero-order chi connectivity index (χ0) is 17.8. The molecular weight excluding hydrogens is 334 g/mol. The molecule has 7 heteroatoms. The lowest BCUT2D eigenvalue weighted by molar-refractivity contribution is -0.129. The average Bonchev–Trinajstić information content (AvgIpc) is 3.16. The molecule has 1 saturated heterocycles. The number of hydrogen-bond acceptors (Lipinski definition) is 4. The second-order valence-corrected chi connectivity index (χ2v) is 7.53. The standard InChI is InChI=1S/C18H19N5OS/c1-18(9-16(24)22(2)17(19)20-18)15-8-13(21-23(15)3)12-10-25-14-7-5-4-6-11(12)14/h4-8,10H,9H2,1-3H3,(H2,19,20)/t18-/m0/s1. The van der Waals surface area contributed by atoms with E-state index in [4.69, 9.17) is 5.41 Å². The molecule has 0 unspecified atom stereocenters. The Morgan fingerprint density at radius 3 is 2.84 bits per heavy atom. The van der Waals surface area contributed by atoms with Crippen LogP contribution in [0.2, 0.25) is 0 Å². The number of carbonyl (C=O) groups is 1. The zero-order valence-electron chi connectivity index (χ0n) is 14.3. The third-order valence-electron chi connectivity index (χ3n) is 4.81. The third kappa shape index (κ3) is 2.42. The summed E-state index contributed by atoms with van der Waals surface area (Å²) in [7, 11) is 3.50. The predicted molar refractivity (Wildman–Crippen MR) is 99.6 cm³/mol. The van der Waals surface area contributed by atoms with E-state index in [-0.39, 0.29) is 18.3 Å². The molecule has 1 aromatic carbocycles. The van der Waals surface area contributed by atoms with Crippen LogP contribution in [0.3, 0.4) is 0 Å². The Kier molecular flexibility index (Phi) is 3.43. The molecule has 2 N–H and O–H groups in total. The van der Waals surface area contributed by atoms with Gasteiger partial charge in [0.1, 0.15) is 0 Å². The lowest BCUT2D eigenvalue weighted by Gasteiger charge is -2.39. The molecule has 0 saturated carbocycles. The van der Waals surface area contributed by atoms with E-state index in [0.29, 0.717) is 0 Å². The predicted octanol–water partition coefficient (Wildman–Crippen LogP) is 2.90. The first-order chi connectivity index (χ1) is 11.9. The average molecular weight is 353 g/mol. The molecule has 128 valence electrons. The van der Waals surface area contributed by atoms with Crippen molar-refractivity contribution in [2.24, 2.45) is 7.05 Å². The highest BCUT2D eigenvalue weighted by Crippen LogP contribution is 2.36. The molecule has 1 fully saturated rings. The van der Waals surface area contributed by atoms with Gasteiger partial charge in [0.2, 0.25) is 5.91 Å². The smallest absolute Gasteiger partial charge is 0.231 e. The lowest BCUT2D eigenvalue weighted by atomic mass is 9.90. The fraction of sp³-hybridized carbons (Fsp3) is 0.278. The number of benzene rings is 1. The minimum atomic E-state index is -0.646. The summed E-state index contributed by atoms with van der Waals surface area (Å²) in [5, 5.41) is 19.2. The highest BCUT2D eigenvalue weighted by molar-refractivity contribution is 7.17. The Morgan fingerprint density at radius 1 is 1.32 bits per heavy atom. The number of rotatable bonds is 2. The summed E-state index contributed by atoms with van der Waals surface area (Å²) < 4.78 is 3.03. The van der Waals surface area contributed by atoms with E-state index in [1.807, 2.05) is 32.2 Å². The van der Waals surface area contributed by atoms with Gasteiger partial charge in [-0.15, -0.1) is 11.3 Å². The first kappa shape index (κ1) is 15.8. The minimum Gasteiger partial charge on any atom is -0.345 e. The van der Waals surface area contributed by atoms with Crippen LogP contribution < -0.4 is 5.32 Å². The lowest BCUT2D eigenvalue weighted by Crippen LogP contribution is -2.58. The van der Waals surface area contributed by atoms with Gasteiger partial charge in [0.15, 0.2) is 5.96 Å². The normalized spacial score (nSPS) is 21.0. The monoisotopic (exact) mass is 353 g/mol. The second kappa shape index (κ2) is 5.42. The molecule has 0 radical (unpaired) electrons. The molecule has 1 aliphatic heterocycles. The van der Waals surface area contributed by atoms with Gasteiger partial charge >= 0.3 is 0 Å². The fourth-order valence-electron chi connectivity index (χ4n) is 3.38. The Balaban J connectivity index is 1.78. The summed E-state index contributed by atoms with van der Waals surface area (Å²) in [4.78, 5) is 13.6. The topological polar surface area (TPSA) is 74.0 Å². The van der Waals surface area contributed by atoms with Crippen LogP contribution in [-0.4, -0.2) is 33.6 Å². The van der Waals surface area contributed by atoms with E-state index in [9.17, 15) is 4.79 Å². The van der Waals surface area contributed by atoms with Gasteiger partial charge in [0.05, 0.1) is 23.3 Å². The van der Waals surface area contributed by atoms with Gasteiger partial charge in [-0.3, -0.25) is 19.8 Å². The van der Waals surface area contributed by atoms with Crippen LogP contribution >= 0.6 is 11.3 Å². The molecule has 3 aromatic rings. The number of aryl methyl sites for hydroxylation is 1. The molecular formula is C18H19N5OS. The van der Waals surface area contributed by atoms with Gasteiger partial charge in [-0.2, -0.15) is 5.10 Å². The molecule has 1 amide bonds. The van der Waals surface area contributed by atoms with Crippen molar-refractivity contribution in [3.63, 3.8) is 0 Å². The Morgan fingerprint density at radius 2 is 2.08 bits per heavy atom. The summed E-state index contributed by atoms with van der Waals surface area (Å²) in [6.07, 6.45) is 0.287. The van der Waals surface area contributed by atoms with Crippen molar-refractivity contribution in [2.75, 3.05) is 7.05 Å². The van der Waals surface area contributed by atoms with E-state index < -0.39 is 5.54 Å². The van der Waals surface area contributed by atoms with Gasteiger partial charge in [-0.1, -0.05) is 18.2 Å². The quantitative estimate of drug-likeness (QED) is 0.744. The van der Waals surface area contributed by atoms with Crippen LogP contribution in [0.4, 0.5) is 0 Å². The summed E-state index contributed by atoms with van der Waals surface area (Å²) >= 11 is 1.70. The van der Waals surface area contributed by atoms with Crippen molar-refractivity contribution in [1.82, 2.24) is 20.0 Å². The van der Waals surface area contributed by atoms with Gasteiger partial charge in [0, 0.05) is 35.1 Å². The first-order valence-corrected chi connectivity index (χ1v) is 8.91. The van der Waals surface area contributed by atoms with E-state index in [2.05, 4.69) is 27.9 Å². The van der Waals surface area contributed by atoms with E-state index in [0.717, 1.165) is 17.0 Å². The molecule has 6 nitrogen and oxygen atoms in total. The fourth-order valence-corrected chi connectivity index (χ4v) is 4.34. The summed E-state index contributed by atoms with van der Waals surface area (Å²) in [6.45, 7) is 1.94. The maximum absolute atomic E-state index is 12.2. The van der Waals surface area contributed by atoms with E-state index in [1.54, 1.807) is 23.1 Å². The first-order valence-electron chi connectivity index (χ1n) is 8.03. The van der Waals surface area contributed by atoms with Crippen molar-refractivity contribution in [1.29, 1.82) is 5.41 Å². The molecule has 25 heavy (non-hydrogen) atoms. The number of nitrogens with one attached hydrogen (secondary N) is 2. The number of thiophene rings is 1. The molecule has 4 rings (SSSR count). The minimum absolute atomic E-state index is 0.0741. The number of guanidine groups is 1. The molecule has 0 bridgehead atoms. The maximum Gasteiger partial charge on any atom is 0.231 e. The van der Waals surface area contributed by atoms with E-state index >= 15 is 0 Å². The largest absolute Gasteiger partial charge is 0.345 e. The van der Waals surface area contributed by atoms with Gasteiger partial charge in [0.25, 0.3) is 0 Å². The molecule has 0 spiro atoms. The van der Waals surface area contributed by atoms with Gasteiger partial charge in [-0.25, -0.2) is 0 Å². The molecule has 3 heterocycles. The van der Waals surface area contributed by atoms with Crippen LogP contribution in [0.15, 0.2) is 35.7 Å².